The van der Waals surface area contributed by atoms with Crippen molar-refractivity contribution in [1.29, 1.82) is 0 Å². The summed E-state index contributed by atoms with van der Waals surface area (Å²) in [5, 5.41) is 23.0. The maximum Gasteiger partial charge on any atom is 0.220 e. The molecule has 0 aliphatic carbocycles. The van der Waals surface area contributed by atoms with Gasteiger partial charge in [-0.05, 0) is 70.6 Å². The Hall–Kier alpha value is -1.65. The number of aliphatic hydroxyl groups is 2. The molecule has 4 heteroatoms. The molecule has 0 bridgehead atoms. The first-order valence-corrected chi connectivity index (χ1v) is 23.4. The summed E-state index contributed by atoms with van der Waals surface area (Å²) in [6.45, 7) is 4.29. The van der Waals surface area contributed by atoms with Gasteiger partial charge in [-0.2, -0.15) is 0 Å². The zero-order valence-electron chi connectivity index (χ0n) is 35.5. The number of hydrogen-bond donors (Lipinski definition) is 3. The number of hydrogen-bond acceptors (Lipinski definition) is 3. The van der Waals surface area contributed by atoms with Crippen molar-refractivity contribution in [2.24, 2.45) is 0 Å². The summed E-state index contributed by atoms with van der Waals surface area (Å²) in [5.41, 5.74) is 0. The second kappa shape index (κ2) is 44.7. The normalized spacial score (nSPS) is 13.4. The van der Waals surface area contributed by atoms with Gasteiger partial charge in [0.2, 0.25) is 5.91 Å². The Morgan fingerprint density at radius 3 is 1.09 bits per heavy atom. The minimum atomic E-state index is -0.871. The Bertz CT molecular complexity index is 847. The second-order valence-corrected chi connectivity index (χ2v) is 15.8. The van der Waals surface area contributed by atoms with Gasteiger partial charge in [0.05, 0.1) is 18.8 Å². The van der Waals surface area contributed by atoms with Crippen LogP contribution in [0.3, 0.4) is 0 Å². The molecule has 0 heterocycles. The van der Waals surface area contributed by atoms with E-state index in [2.05, 4.69) is 55.6 Å². The molecular weight excluding hydrogens is 651 g/mol. The number of amides is 1. The average molecular weight is 742 g/mol. The molecule has 0 aromatic carbocycles. The minimum absolute atomic E-state index is 0.0800. The second-order valence-electron chi connectivity index (χ2n) is 15.8. The first-order valence-electron chi connectivity index (χ1n) is 23.4. The van der Waals surface area contributed by atoms with Gasteiger partial charge in [-0.3, -0.25) is 4.79 Å². The topological polar surface area (TPSA) is 69.6 Å². The fourth-order valence-corrected chi connectivity index (χ4v) is 6.91. The van der Waals surface area contributed by atoms with E-state index in [1.165, 1.54) is 180 Å². The number of rotatable bonds is 42. The number of carbonyl (C=O) groups excluding carboxylic acids is 1. The van der Waals surface area contributed by atoms with Crippen LogP contribution in [0.4, 0.5) is 0 Å². The standard InChI is InChI=1S/C49H91NO3/c1-3-5-7-9-11-13-15-17-19-21-22-23-24-25-26-27-28-29-31-33-35-37-39-41-43-45-49(53)50-47(46-51)48(52)44-42-40-38-36-34-32-30-20-18-16-14-12-10-8-6-4-2/h18,20,25-26,34,36,42,44,47-48,51-52H,3-17,19,21-24,27-33,35,37-41,43,45-46H2,1-2H3,(H,50,53)/b20-18+,26-25-,36-34+,44-42+. The van der Waals surface area contributed by atoms with Gasteiger partial charge in [0.15, 0.2) is 0 Å². The lowest BCUT2D eigenvalue weighted by molar-refractivity contribution is -0.123. The fraction of sp³-hybridized carbons (Fsp3) is 0.816. The van der Waals surface area contributed by atoms with Crippen molar-refractivity contribution < 1.29 is 15.0 Å². The average Bonchev–Trinajstić information content (AvgIpc) is 3.16. The highest BCUT2D eigenvalue weighted by Crippen LogP contribution is 2.14. The maximum absolute atomic E-state index is 12.4. The number of carbonyl (C=O) groups is 1. The molecule has 1 amide bonds. The predicted octanol–water partition coefficient (Wildman–Crippen LogP) is 14.7. The molecule has 0 aliphatic rings. The van der Waals surface area contributed by atoms with Gasteiger partial charge in [-0.1, -0.05) is 210 Å². The molecule has 0 saturated heterocycles. The van der Waals surface area contributed by atoms with E-state index >= 15 is 0 Å². The van der Waals surface area contributed by atoms with Crippen LogP contribution in [-0.4, -0.2) is 34.9 Å². The molecule has 0 aliphatic heterocycles. The highest BCUT2D eigenvalue weighted by atomic mass is 16.3. The van der Waals surface area contributed by atoms with E-state index in [4.69, 9.17) is 0 Å². The lowest BCUT2D eigenvalue weighted by Crippen LogP contribution is -2.45. The number of allylic oxidation sites excluding steroid dienone is 7. The third-order valence-corrected chi connectivity index (χ3v) is 10.5. The van der Waals surface area contributed by atoms with Gasteiger partial charge in [0.1, 0.15) is 0 Å². The smallest absolute Gasteiger partial charge is 0.220 e. The summed E-state index contributed by atoms with van der Waals surface area (Å²) in [6, 6.07) is -0.646. The molecule has 0 aromatic rings. The Balaban J connectivity index is 3.58. The molecule has 3 N–H and O–H groups in total. The molecule has 0 saturated carbocycles. The van der Waals surface area contributed by atoms with Gasteiger partial charge in [0.25, 0.3) is 0 Å². The van der Waals surface area contributed by atoms with Crippen molar-refractivity contribution >= 4 is 5.91 Å². The monoisotopic (exact) mass is 742 g/mol. The summed E-state index contributed by atoms with van der Waals surface area (Å²) in [5.74, 6) is -0.0800. The fourth-order valence-electron chi connectivity index (χ4n) is 6.91. The number of aliphatic hydroxyl groups excluding tert-OH is 2. The Kier molecular flexibility index (Phi) is 43.4. The summed E-state index contributed by atoms with van der Waals surface area (Å²) in [6.07, 6.45) is 60.9. The van der Waals surface area contributed by atoms with Crippen LogP contribution in [-0.2, 0) is 4.79 Å². The van der Waals surface area contributed by atoms with Crippen molar-refractivity contribution in [3.63, 3.8) is 0 Å². The molecule has 4 nitrogen and oxygen atoms in total. The first-order chi connectivity index (χ1) is 26.2. The summed E-state index contributed by atoms with van der Waals surface area (Å²) >= 11 is 0. The van der Waals surface area contributed by atoms with E-state index in [1.54, 1.807) is 6.08 Å². The molecule has 310 valence electrons. The summed E-state index contributed by atoms with van der Waals surface area (Å²) < 4.78 is 0. The van der Waals surface area contributed by atoms with E-state index < -0.39 is 12.1 Å². The zero-order chi connectivity index (χ0) is 38.6. The molecule has 0 rings (SSSR count). The number of nitrogens with one attached hydrogen (secondary N) is 1. The van der Waals surface area contributed by atoms with E-state index in [9.17, 15) is 15.0 Å². The molecule has 0 radical (unpaired) electrons. The van der Waals surface area contributed by atoms with E-state index in [0.29, 0.717) is 6.42 Å². The quantitative estimate of drug-likeness (QED) is 0.0431. The van der Waals surface area contributed by atoms with Crippen molar-refractivity contribution in [3.8, 4) is 0 Å². The lowest BCUT2D eigenvalue weighted by atomic mass is 10.0. The summed E-state index contributed by atoms with van der Waals surface area (Å²) in [4.78, 5) is 12.4. The third-order valence-electron chi connectivity index (χ3n) is 10.5. The van der Waals surface area contributed by atoms with Crippen LogP contribution in [0.25, 0.3) is 0 Å². The SMILES string of the molecule is CCCCCCCC/C=C/CC/C=C/CC/C=C/C(O)C(CO)NC(=O)CCCCCCCCCCC/C=C\CCCCCCCCCCCCCC. The van der Waals surface area contributed by atoms with Crippen LogP contribution in [0.5, 0.6) is 0 Å². The third kappa shape index (κ3) is 41.4. The molecule has 53 heavy (non-hydrogen) atoms. The van der Waals surface area contributed by atoms with Gasteiger partial charge in [-0.25, -0.2) is 0 Å². The largest absolute Gasteiger partial charge is 0.394 e. The Morgan fingerprint density at radius 1 is 0.434 bits per heavy atom. The van der Waals surface area contributed by atoms with Crippen molar-refractivity contribution in [3.05, 3.63) is 48.6 Å². The van der Waals surface area contributed by atoms with E-state index in [0.717, 1.165) is 38.5 Å². The Labute approximate surface area is 331 Å². The molecule has 0 spiro atoms. The zero-order valence-corrected chi connectivity index (χ0v) is 35.5. The van der Waals surface area contributed by atoms with Crippen LogP contribution in [0, 0.1) is 0 Å². The number of unbranched alkanes of at least 4 members (excludes halogenated alkanes) is 29. The van der Waals surface area contributed by atoms with Crippen LogP contribution in [0.1, 0.15) is 239 Å². The van der Waals surface area contributed by atoms with Crippen molar-refractivity contribution in [2.45, 2.75) is 251 Å². The minimum Gasteiger partial charge on any atom is -0.394 e. The van der Waals surface area contributed by atoms with E-state index in [1.807, 2.05) is 6.08 Å². The highest BCUT2D eigenvalue weighted by Gasteiger charge is 2.17. The van der Waals surface area contributed by atoms with Gasteiger partial charge < -0.3 is 15.5 Å². The molecular formula is C49H91NO3. The van der Waals surface area contributed by atoms with E-state index in [-0.39, 0.29) is 12.5 Å². The van der Waals surface area contributed by atoms with Crippen molar-refractivity contribution in [1.82, 2.24) is 5.32 Å². The predicted molar refractivity (Wildman–Crippen MR) is 235 cm³/mol. The first kappa shape index (κ1) is 51.4. The molecule has 2 atom stereocenters. The molecule has 2 unspecified atom stereocenters. The van der Waals surface area contributed by atoms with Crippen LogP contribution >= 0.6 is 0 Å². The maximum atomic E-state index is 12.4. The van der Waals surface area contributed by atoms with Gasteiger partial charge >= 0.3 is 0 Å². The molecule has 0 fully saturated rings. The van der Waals surface area contributed by atoms with Gasteiger partial charge in [0, 0.05) is 6.42 Å². The molecule has 0 aromatic heterocycles. The van der Waals surface area contributed by atoms with Crippen molar-refractivity contribution in [2.75, 3.05) is 6.61 Å². The van der Waals surface area contributed by atoms with Crippen LogP contribution in [0.2, 0.25) is 0 Å². The summed E-state index contributed by atoms with van der Waals surface area (Å²) in [7, 11) is 0. The Morgan fingerprint density at radius 2 is 0.736 bits per heavy atom. The van der Waals surface area contributed by atoms with Crippen LogP contribution in [0.15, 0.2) is 48.6 Å². The van der Waals surface area contributed by atoms with Gasteiger partial charge in [-0.15, -0.1) is 0 Å². The van der Waals surface area contributed by atoms with Crippen LogP contribution < -0.4 is 5.32 Å². The highest BCUT2D eigenvalue weighted by molar-refractivity contribution is 5.76. The lowest BCUT2D eigenvalue weighted by Gasteiger charge is -2.19.